The van der Waals surface area contributed by atoms with Crippen LogP contribution in [0, 0.1) is 12.8 Å². The molecule has 0 aliphatic carbocycles. The largest absolute Gasteiger partial charge is 0.0625 e. The van der Waals surface area contributed by atoms with Gasteiger partial charge in [-0.2, -0.15) is 0 Å². The first-order chi connectivity index (χ1) is 5.96. The van der Waals surface area contributed by atoms with E-state index in [9.17, 15) is 0 Å². The van der Waals surface area contributed by atoms with Crippen molar-refractivity contribution >= 4 is 0 Å². The first kappa shape index (κ1) is 5.82. The van der Waals surface area contributed by atoms with Crippen molar-refractivity contribution in [2.45, 2.75) is 27.1 Å². The maximum absolute atomic E-state index is 7.93. The summed E-state index contributed by atoms with van der Waals surface area (Å²) in [5, 5.41) is 0. The summed E-state index contributed by atoms with van der Waals surface area (Å²) in [7, 11) is 0. The van der Waals surface area contributed by atoms with Gasteiger partial charge in [-0.05, 0) is 30.3 Å². The van der Waals surface area contributed by atoms with E-state index in [4.69, 9.17) is 2.74 Å². The zero-order chi connectivity index (χ0) is 10.1. The summed E-state index contributed by atoms with van der Waals surface area (Å²) in [6.07, 6.45) is -1.22. The smallest absolute Gasteiger partial charge is 0.0319 e. The third-order valence-electron chi connectivity index (χ3n) is 1.59. The lowest BCUT2D eigenvalue weighted by atomic mass is 9.99. The van der Waals surface area contributed by atoms with Crippen molar-refractivity contribution in [3.8, 4) is 0 Å². The van der Waals surface area contributed by atoms with Crippen LogP contribution in [0.3, 0.4) is 0 Å². The second-order valence-corrected chi connectivity index (χ2v) is 3.11. The average molecular weight is 150 g/mol. The van der Waals surface area contributed by atoms with Crippen LogP contribution < -0.4 is 0 Å². The lowest BCUT2D eigenvalue weighted by Gasteiger charge is -2.07. The van der Waals surface area contributed by atoms with Crippen LogP contribution in [0.2, 0.25) is 0 Å². The Balaban J connectivity index is 3.14. The van der Waals surface area contributed by atoms with Gasteiger partial charge in [0.15, 0.2) is 0 Å². The quantitative estimate of drug-likeness (QED) is 0.607. The zero-order valence-corrected chi connectivity index (χ0v) is 7.39. The van der Waals surface area contributed by atoms with Crippen molar-refractivity contribution in [2.75, 3.05) is 0 Å². The fraction of sp³-hybridized carbons (Fsp3) is 0.455. The third kappa shape index (κ3) is 2.38. The molecule has 11 heavy (non-hydrogen) atoms. The lowest BCUT2D eigenvalue weighted by Crippen LogP contribution is -1.95. The van der Waals surface area contributed by atoms with Gasteiger partial charge in [0.2, 0.25) is 0 Å². The first-order valence-corrected chi connectivity index (χ1v) is 4.02. The minimum Gasteiger partial charge on any atom is -0.0625 e. The summed E-state index contributed by atoms with van der Waals surface area (Å²) in [6.45, 7) is 5.77. The van der Waals surface area contributed by atoms with Crippen LogP contribution in [0.1, 0.15) is 27.7 Å². The molecular weight excluding hydrogens is 132 g/mol. The molecule has 0 aliphatic rings. The maximum atomic E-state index is 7.93. The summed E-state index contributed by atoms with van der Waals surface area (Å²) in [5.41, 5.74) is 1.84. The summed E-state index contributed by atoms with van der Waals surface area (Å²) in [4.78, 5) is 0. The van der Waals surface area contributed by atoms with Crippen molar-refractivity contribution < 1.29 is 2.74 Å². The van der Waals surface area contributed by atoms with Gasteiger partial charge in [0.25, 0.3) is 0 Å². The van der Waals surface area contributed by atoms with Crippen LogP contribution in [0.15, 0.2) is 24.3 Å². The van der Waals surface area contributed by atoms with Crippen LogP contribution in [-0.4, -0.2) is 0 Å². The molecule has 0 aromatic heterocycles. The third-order valence-corrected chi connectivity index (χ3v) is 1.59. The van der Waals surface area contributed by atoms with E-state index in [1.54, 1.807) is 0 Å². The highest BCUT2D eigenvalue weighted by molar-refractivity contribution is 5.25. The van der Waals surface area contributed by atoms with E-state index in [-0.39, 0.29) is 5.92 Å². The highest BCUT2D eigenvalue weighted by atomic mass is 14.0. The monoisotopic (exact) mass is 150 g/mol. The highest BCUT2D eigenvalue weighted by Crippen LogP contribution is 2.11. The normalized spacial score (nSPS) is 14.5. The van der Waals surface area contributed by atoms with Crippen LogP contribution >= 0.6 is 0 Å². The molecule has 0 saturated carbocycles. The standard InChI is InChI=1S/C11H16/c1-9(2)8-11-7-5-4-6-10(11)3/h4-7,9H,8H2,1-3H3/i8D2. The van der Waals surface area contributed by atoms with Gasteiger partial charge in [0, 0.05) is 2.74 Å². The molecule has 1 rings (SSSR count). The second kappa shape index (κ2) is 3.56. The molecule has 0 radical (unpaired) electrons. The fourth-order valence-corrected chi connectivity index (χ4v) is 1.05. The molecule has 0 bridgehead atoms. The van der Waals surface area contributed by atoms with E-state index in [1.165, 1.54) is 0 Å². The van der Waals surface area contributed by atoms with Crippen molar-refractivity contribution in [3.63, 3.8) is 0 Å². The number of rotatable bonds is 2. The first-order valence-electron chi connectivity index (χ1n) is 5.02. The Morgan fingerprint density at radius 3 is 2.55 bits per heavy atom. The molecule has 0 spiro atoms. The van der Waals surface area contributed by atoms with Crippen LogP contribution in [0.25, 0.3) is 0 Å². The molecular formula is C11H16. The van der Waals surface area contributed by atoms with Crippen molar-refractivity contribution in [2.24, 2.45) is 5.92 Å². The minimum atomic E-state index is -1.22. The van der Waals surface area contributed by atoms with Crippen molar-refractivity contribution in [3.05, 3.63) is 35.4 Å². The maximum Gasteiger partial charge on any atom is 0.0319 e. The Hall–Kier alpha value is -0.780. The van der Waals surface area contributed by atoms with E-state index in [0.717, 1.165) is 11.1 Å². The van der Waals surface area contributed by atoms with E-state index in [1.807, 2.05) is 45.0 Å². The summed E-state index contributed by atoms with van der Waals surface area (Å²) < 4.78 is 15.9. The van der Waals surface area contributed by atoms with Gasteiger partial charge in [0.05, 0.1) is 0 Å². The van der Waals surface area contributed by atoms with E-state index < -0.39 is 6.37 Å². The van der Waals surface area contributed by atoms with Gasteiger partial charge in [-0.1, -0.05) is 38.1 Å². The Bertz CT molecular complexity index is 290. The van der Waals surface area contributed by atoms with Crippen LogP contribution in [0.5, 0.6) is 0 Å². The topological polar surface area (TPSA) is 0 Å². The highest BCUT2D eigenvalue weighted by Gasteiger charge is 1.98. The number of benzene rings is 1. The van der Waals surface area contributed by atoms with Gasteiger partial charge < -0.3 is 0 Å². The summed E-state index contributed by atoms with van der Waals surface area (Å²) in [6, 6.07) is 7.66. The summed E-state index contributed by atoms with van der Waals surface area (Å²) in [5.74, 6) is 0.00796. The molecule has 0 N–H and O–H groups in total. The number of aryl methyl sites for hydroxylation is 1. The van der Waals surface area contributed by atoms with Gasteiger partial charge in [-0.15, -0.1) is 0 Å². The molecule has 0 nitrogen and oxygen atoms in total. The fourth-order valence-electron chi connectivity index (χ4n) is 1.05. The molecule has 0 atom stereocenters. The van der Waals surface area contributed by atoms with E-state index >= 15 is 0 Å². The molecule has 1 aromatic carbocycles. The SMILES string of the molecule is [2H]C([2H])(c1ccccc1C)C(C)C. The van der Waals surface area contributed by atoms with Gasteiger partial charge in [0.1, 0.15) is 0 Å². The summed E-state index contributed by atoms with van der Waals surface area (Å²) >= 11 is 0. The number of hydrogen-bond acceptors (Lipinski definition) is 0. The molecule has 0 amide bonds. The zero-order valence-electron chi connectivity index (χ0n) is 9.39. The minimum absolute atomic E-state index is 0.00796. The average Bonchev–Trinajstić information content (AvgIpc) is 2.04. The second-order valence-electron chi connectivity index (χ2n) is 3.11. The Morgan fingerprint density at radius 1 is 1.36 bits per heavy atom. The van der Waals surface area contributed by atoms with Gasteiger partial charge in [-0.25, -0.2) is 0 Å². The van der Waals surface area contributed by atoms with Crippen molar-refractivity contribution in [1.82, 2.24) is 0 Å². The molecule has 0 aliphatic heterocycles. The van der Waals surface area contributed by atoms with Gasteiger partial charge >= 0.3 is 0 Å². The molecule has 0 heterocycles. The molecule has 1 aromatic rings. The molecule has 0 unspecified atom stereocenters. The Kier molecular flexibility index (Phi) is 1.89. The van der Waals surface area contributed by atoms with Crippen LogP contribution in [-0.2, 0) is 6.37 Å². The van der Waals surface area contributed by atoms with Gasteiger partial charge in [-0.3, -0.25) is 0 Å². The number of hydrogen-bond donors (Lipinski definition) is 0. The molecule has 0 saturated heterocycles. The Labute approximate surface area is 72.1 Å². The predicted molar refractivity (Wildman–Crippen MR) is 49.7 cm³/mol. The predicted octanol–water partition coefficient (Wildman–Crippen LogP) is 3.19. The van der Waals surface area contributed by atoms with Crippen molar-refractivity contribution in [1.29, 1.82) is 0 Å². The van der Waals surface area contributed by atoms with E-state index in [2.05, 4.69) is 0 Å². The lowest BCUT2D eigenvalue weighted by molar-refractivity contribution is 0.645. The molecule has 60 valence electrons. The molecule has 0 heteroatoms. The molecule has 0 fully saturated rings. The van der Waals surface area contributed by atoms with E-state index in [0.29, 0.717) is 0 Å². The Morgan fingerprint density at radius 2 is 2.00 bits per heavy atom. The van der Waals surface area contributed by atoms with Crippen LogP contribution in [0.4, 0.5) is 0 Å².